The number of thiophene rings is 1. The summed E-state index contributed by atoms with van der Waals surface area (Å²) in [4.78, 5) is 4.71. The number of benzene rings is 2. The van der Waals surface area contributed by atoms with E-state index in [0.717, 1.165) is 42.0 Å². The first kappa shape index (κ1) is 25.2. The predicted molar refractivity (Wildman–Crippen MR) is 149 cm³/mol. The van der Waals surface area contributed by atoms with Crippen LogP contribution in [0.2, 0.25) is 0 Å². The molecule has 0 atom stereocenters. The fourth-order valence-corrected chi connectivity index (χ4v) is 4.94. The van der Waals surface area contributed by atoms with Gasteiger partial charge in [-0.05, 0) is 80.9 Å². The van der Waals surface area contributed by atoms with E-state index in [1.807, 2.05) is 11.3 Å². The first-order valence-electron chi connectivity index (χ1n) is 10.6. The van der Waals surface area contributed by atoms with Crippen molar-refractivity contribution in [2.75, 3.05) is 18.9 Å². The number of hydrogen-bond acceptors (Lipinski definition) is 3. The van der Waals surface area contributed by atoms with Gasteiger partial charge >= 0.3 is 0 Å². The van der Waals surface area contributed by atoms with Gasteiger partial charge in [0.2, 0.25) is 0 Å². The van der Waals surface area contributed by atoms with E-state index >= 15 is 0 Å². The Morgan fingerprint density at radius 1 is 1.10 bits per heavy atom. The minimum atomic E-state index is 0. The highest BCUT2D eigenvalue weighted by atomic mass is 127. The van der Waals surface area contributed by atoms with Gasteiger partial charge in [0, 0.05) is 33.4 Å². The molecule has 0 radical (unpaired) electrons. The van der Waals surface area contributed by atoms with Crippen LogP contribution in [0, 0.1) is 0 Å². The molecule has 0 saturated carbocycles. The average molecular weight is 553 g/mol. The first-order valence-corrected chi connectivity index (χ1v) is 11.8. The van der Waals surface area contributed by atoms with Crippen molar-refractivity contribution in [3.05, 3.63) is 64.0 Å². The topological polar surface area (TPSA) is 15.3 Å². The molecular weight excluding hydrogens is 519 g/mol. The van der Waals surface area contributed by atoms with E-state index in [-0.39, 0.29) is 24.0 Å². The van der Waals surface area contributed by atoms with Gasteiger partial charge in [-0.2, -0.15) is 0 Å². The molecule has 3 aromatic rings. The van der Waals surface area contributed by atoms with Crippen molar-refractivity contribution in [3.63, 3.8) is 0 Å². The van der Waals surface area contributed by atoms with E-state index in [2.05, 4.69) is 87.4 Å². The highest BCUT2D eigenvalue weighted by Gasteiger charge is 2.14. The molecule has 0 aliphatic carbocycles. The molecule has 1 heterocycles. The molecule has 0 saturated heterocycles. The van der Waals surface area contributed by atoms with Crippen molar-refractivity contribution in [2.45, 2.75) is 53.0 Å². The van der Waals surface area contributed by atoms with E-state index in [0.29, 0.717) is 6.04 Å². The number of thiocarbonyl (C=S) groups is 1. The molecule has 3 rings (SSSR count). The van der Waals surface area contributed by atoms with Gasteiger partial charge in [0.25, 0.3) is 0 Å². The zero-order valence-corrected chi connectivity index (χ0v) is 22.6. The maximum atomic E-state index is 5.69. The van der Waals surface area contributed by atoms with Gasteiger partial charge < -0.3 is 10.2 Å². The average Bonchev–Trinajstić information content (AvgIpc) is 3.08. The molecule has 2 aromatic carbocycles. The summed E-state index contributed by atoms with van der Waals surface area (Å²) in [5.41, 5.74) is 4.97. The molecule has 162 valence electrons. The highest BCUT2D eigenvalue weighted by Crippen LogP contribution is 2.34. The van der Waals surface area contributed by atoms with E-state index in [9.17, 15) is 0 Å². The Morgan fingerprint density at radius 2 is 1.87 bits per heavy atom. The molecule has 5 heteroatoms. The van der Waals surface area contributed by atoms with Gasteiger partial charge in [0.15, 0.2) is 0 Å². The monoisotopic (exact) mass is 552 g/mol. The molecular formula is C25H33IN2S2. The van der Waals surface area contributed by atoms with Crippen molar-refractivity contribution >= 4 is 68.3 Å². The van der Waals surface area contributed by atoms with E-state index in [1.54, 1.807) is 0 Å². The molecule has 0 aliphatic heterocycles. The number of likely N-dealkylation sites (N-methyl/N-ethyl adjacent to an activating group) is 1. The molecule has 0 amide bonds. The molecule has 0 spiro atoms. The summed E-state index contributed by atoms with van der Waals surface area (Å²) in [6, 6.07) is 15.7. The Hall–Kier alpha value is -1.02. The zero-order chi connectivity index (χ0) is 21.0. The number of hydrogen-bond donors (Lipinski definition) is 1. The molecule has 0 aliphatic rings. The third-order valence-electron chi connectivity index (χ3n) is 5.65. The van der Waals surface area contributed by atoms with Crippen LogP contribution in [0.5, 0.6) is 0 Å². The van der Waals surface area contributed by atoms with Gasteiger partial charge in [-0.15, -0.1) is 35.3 Å². The quantitative estimate of drug-likeness (QED) is 0.233. The van der Waals surface area contributed by atoms with Gasteiger partial charge in [-0.25, -0.2) is 0 Å². The second-order valence-electron chi connectivity index (χ2n) is 7.90. The smallest absolute Gasteiger partial charge is 0.110 e. The Morgan fingerprint density at radius 3 is 2.53 bits per heavy atom. The lowest BCUT2D eigenvalue weighted by Crippen LogP contribution is -2.28. The van der Waals surface area contributed by atoms with E-state index < -0.39 is 0 Å². The van der Waals surface area contributed by atoms with E-state index in [4.69, 9.17) is 12.2 Å². The zero-order valence-electron chi connectivity index (χ0n) is 18.6. The number of nitrogens with one attached hydrogen (secondary N) is 1. The van der Waals surface area contributed by atoms with Crippen LogP contribution in [0.25, 0.3) is 10.1 Å². The minimum absolute atomic E-state index is 0. The lowest BCUT2D eigenvalue weighted by molar-refractivity contribution is 0.277. The molecule has 2 nitrogen and oxygen atoms in total. The summed E-state index contributed by atoms with van der Waals surface area (Å²) < 4.78 is 1.37. The van der Waals surface area contributed by atoms with Crippen LogP contribution >= 0.6 is 47.5 Å². The third kappa shape index (κ3) is 6.02. The highest BCUT2D eigenvalue weighted by molar-refractivity contribution is 14.0. The predicted octanol–water partition coefficient (Wildman–Crippen LogP) is 7.31. The summed E-state index contributed by atoms with van der Waals surface area (Å²) in [5, 5.41) is 4.84. The third-order valence-corrected chi connectivity index (χ3v) is 7.34. The first-order chi connectivity index (χ1) is 13.9. The Labute approximate surface area is 208 Å². The van der Waals surface area contributed by atoms with Gasteiger partial charge in [0.1, 0.15) is 4.99 Å². The van der Waals surface area contributed by atoms with Crippen molar-refractivity contribution < 1.29 is 0 Å². The van der Waals surface area contributed by atoms with Crippen molar-refractivity contribution in [1.29, 1.82) is 0 Å². The van der Waals surface area contributed by atoms with Crippen LogP contribution in [0.15, 0.2) is 42.5 Å². The second-order valence-corrected chi connectivity index (χ2v) is 9.45. The maximum Gasteiger partial charge on any atom is 0.110 e. The number of fused-ring (bicyclic) bond motifs is 1. The largest absolute Gasteiger partial charge is 0.346 e. The number of nitrogens with zero attached hydrogens (tertiary/aromatic N) is 1. The number of halogens is 1. The van der Waals surface area contributed by atoms with Crippen LogP contribution in [-0.2, 0) is 19.3 Å². The maximum absolute atomic E-state index is 5.69. The molecule has 0 fully saturated rings. The van der Waals surface area contributed by atoms with Gasteiger partial charge in [-0.1, -0.05) is 44.3 Å². The lowest BCUT2D eigenvalue weighted by atomic mass is 10.0. The molecule has 1 N–H and O–H groups in total. The second kappa shape index (κ2) is 11.6. The molecule has 0 bridgehead atoms. The molecule has 0 unspecified atom stereocenters. The Bertz CT molecular complexity index is 994. The molecule has 1 aromatic heterocycles. The number of aryl methyl sites for hydroxylation is 2. The standard InChI is InChI=1S/C25H32N2S2.HI/c1-6-18-9-8-10-19(15-18)25(28)26-20-11-12-24-22(16-20)21(23(7-2)29-24)13-14-27(5)17(3)4;/h8-12,15-17H,6-7,13-14H2,1-5H3,(H,26,28);1H. The van der Waals surface area contributed by atoms with Crippen molar-refractivity contribution in [3.8, 4) is 0 Å². The minimum Gasteiger partial charge on any atom is -0.346 e. The van der Waals surface area contributed by atoms with Crippen LogP contribution in [0.4, 0.5) is 5.69 Å². The SMILES string of the molecule is CCc1cccc(C(=S)Nc2ccc3sc(CC)c(CCN(C)C(C)C)c3c2)c1.I. The lowest BCUT2D eigenvalue weighted by Gasteiger charge is -2.21. The van der Waals surface area contributed by atoms with Crippen LogP contribution in [0.1, 0.15) is 49.3 Å². The van der Waals surface area contributed by atoms with Crippen LogP contribution in [-0.4, -0.2) is 29.5 Å². The fraction of sp³-hybridized carbons (Fsp3) is 0.400. The normalized spacial score (nSPS) is 11.2. The summed E-state index contributed by atoms with van der Waals surface area (Å²) in [5.74, 6) is 0. The van der Waals surface area contributed by atoms with Crippen molar-refractivity contribution in [1.82, 2.24) is 4.90 Å². The molecule has 30 heavy (non-hydrogen) atoms. The summed E-state index contributed by atoms with van der Waals surface area (Å²) in [6.07, 6.45) is 3.20. The van der Waals surface area contributed by atoms with E-state index in [1.165, 1.54) is 26.1 Å². The summed E-state index contributed by atoms with van der Waals surface area (Å²) in [7, 11) is 2.21. The summed E-state index contributed by atoms with van der Waals surface area (Å²) >= 11 is 7.63. The van der Waals surface area contributed by atoms with Gasteiger partial charge in [0.05, 0.1) is 0 Å². The number of rotatable bonds is 8. The Balaban J connectivity index is 0.00000320. The van der Waals surface area contributed by atoms with Gasteiger partial charge in [-0.3, -0.25) is 0 Å². The fourth-order valence-electron chi connectivity index (χ4n) is 3.52. The Kier molecular flexibility index (Phi) is 9.72. The van der Waals surface area contributed by atoms with Crippen molar-refractivity contribution in [2.24, 2.45) is 0 Å². The van der Waals surface area contributed by atoms with Crippen LogP contribution in [0.3, 0.4) is 0 Å². The number of anilines is 1. The van der Waals surface area contributed by atoms with Crippen LogP contribution < -0.4 is 5.32 Å². The summed E-state index contributed by atoms with van der Waals surface area (Å²) in [6.45, 7) is 10.0.